The molecule has 0 spiro atoms. The Hall–Kier alpha value is -5.43. The molecule has 1 heterocycles. The predicted molar refractivity (Wildman–Crippen MR) is 206 cm³/mol. The molecular formula is C43H48N6O6. The lowest BCUT2D eigenvalue weighted by molar-refractivity contribution is -0.124. The van der Waals surface area contributed by atoms with E-state index >= 15 is 0 Å². The summed E-state index contributed by atoms with van der Waals surface area (Å²) in [6, 6.07) is 33.1. The number of carbonyl (C=O) groups is 3. The molecule has 2 aliphatic carbocycles. The van der Waals surface area contributed by atoms with Gasteiger partial charge in [0.1, 0.15) is 13.2 Å². The van der Waals surface area contributed by atoms with Gasteiger partial charge < -0.3 is 20.1 Å². The average molecular weight is 745 g/mol. The van der Waals surface area contributed by atoms with Gasteiger partial charge in [0.2, 0.25) is 17.6 Å². The van der Waals surface area contributed by atoms with Crippen LogP contribution in [0.2, 0.25) is 0 Å². The van der Waals surface area contributed by atoms with Crippen molar-refractivity contribution in [1.29, 1.82) is 0 Å². The first kappa shape index (κ1) is 37.9. The predicted octanol–water partition coefficient (Wildman–Crippen LogP) is 6.19. The summed E-state index contributed by atoms with van der Waals surface area (Å²) in [5.41, 5.74) is 5.42. The van der Waals surface area contributed by atoms with E-state index in [1.54, 1.807) is 0 Å². The number of benzene rings is 4. The fourth-order valence-corrected chi connectivity index (χ4v) is 7.46. The lowest BCUT2D eigenvalue weighted by atomic mass is 9.92. The van der Waals surface area contributed by atoms with Crippen LogP contribution in [-0.4, -0.2) is 56.8 Å². The van der Waals surface area contributed by atoms with Gasteiger partial charge in [-0.1, -0.05) is 129 Å². The highest BCUT2D eigenvalue weighted by molar-refractivity contribution is 5.95. The van der Waals surface area contributed by atoms with E-state index in [-0.39, 0.29) is 55.0 Å². The molecule has 5 aromatic rings. The Kier molecular flexibility index (Phi) is 12.9. The molecule has 0 radical (unpaired) electrons. The van der Waals surface area contributed by atoms with Gasteiger partial charge in [-0.05, 0) is 53.1 Å². The number of fused-ring (bicyclic) bond motifs is 1. The fraction of sp³-hybridized carbons (Fsp3) is 0.372. The topological polar surface area (TPSA) is 146 Å². The lowest BCUT2D eigenvalue weighted by Gasteiger charge is -2.32. The Balaban J connectivity index is 1.04. The van der Waals surface area contributed by atoms with Crippen LogP contribution in [-0.2, 0) is 45.5 Å². The summed E-state index contributed by atoms with van der Waals surface area (Å²) in [4.78, 5) is 50.9. The van der Waals surface area contributed by atoms with Gasteiger partial charge in [0.25, 0.3) is 5.91 Å². The number of hydrogen-bond acceptors (Lipinski definition) is 8. The highest BCUT2D eigenvalue weighted by Gasteiger charge is 2.32. The van der Waals surface area contributed by atoms with Crippen molar-refractivity contribution in [3.05, 3.63) is 131 Å². The third kappa shape index (κ3) is 10.2. The SMILES string of the molecule is O=C(Cn1nc(C(=O)NOCc2cccc3ccccc23)nc1C(=O)N[C@H]1CCCC[C@@H]1OCc1ccccc1)N[C@H]1CCCC[C@@H]1OCc1ccccc1. The number of ether oxygens (including phenoxy) is 2. The smallest absolute Gasteiger partial charge is 0.314 e. The van der Waals surface area contributed by atoms with Gasteiger partial charge in [0, 0.05) is 0 Å². The van der Waals surface area contributed by atoms with Crippen LogP contribution in [0, 0.1) is 0 Å². The molecule has 0 unspecified atom stereocenters. The van der Waals surface area contributed by atoms with E-state index < -0.39 is 11.8 Å². The summed E-state index contributed by atoms with van der Waals surface area (Å²) in [5, 5.41) is 12.6. The molecule has 55 heavy (non-hydrogen) atoms. The standard InChI is InChI=1S/C43H48N6O6/c50-39(44-35-22-9-11-24-37(35)53-27-30-14-3-1-4-15-30)26-49-41(43(52)45-36-23-10-12-25-38(36)54-28-31-16-5-2-6-17-31)46-40(47-49)42(51)48-55-29-33-20-13-19-32-18-7-8-21-34(32)33/h1-8,13-21,35-38H,9-12,22-29H2,(H,44,50)(H,45,52)(H,48,51)/t35-,36-,37-,38-/m0/s1. The summed E-state index contributed by atoms with van der Waals surface area (Å²) in [6.45, 7) is 0.656. The summed E-state index contributed by atoms with van der Waals surface area (Å²) in [7, 11) is 0. The molecule has 1 aromatic heterocycles. The van der Waals surface area contributed by atoms with Crippen LogP contribution in [0.25, 0.3) is 10.8 Å². The minimum atomic E-state index is -0.739. The summed E-state index contributed by atoms with van der Waals surface area (Å²) >= 11 is 0. The maximum atomic E-state index is 14.0. The van der Waals surface area contributed by atoms with E-state index in [2.05, 4.69) is 26.2 Å². The number of aromatic nitrogens is 3. The maximum Gasteiger partial charge on any atom is 0.314 e. The van der Waals surface area contributed by atoms with Crippen molar-refractivity contribution >= 4 is 28.5 Å². The van der Waals surface area contributed by atoms with Crippen LogP contribution >= 0.6 is 0 Å². The first-order chi connectivity index (χ1) is 27.0. The summed E-state index contributed by atoms with van der Waals surface area (Å²) in [6.07, 6.45) is 6.64. The van der Waals surface area contributed by atoms with Crippen LogP contribution in [0.3, 0.4) is 0 Å². The van der Waals surface area contributed by atoms with E-state index in [4.69, 9.17) is 14.3 Å². The summed E-state index contributed by atoms with van der Waals surface area (Å²) < 4.78 is 13.8. The van der Waals surface area contributed by atoms with Gasteiger partial charge in [-0.2, -0.15) is 4.98 Å². The molecule has 2 fully saturated rings. The number of nitrogens with one attached hydrogen (secondary N) is 3. The van der Waals surface area contributed by atoms with E-state index in [9.17, 15) is 14.4 Å². The fourth-order valence-electron chi connectivity index (χ4n) is 7.46. The van der Waals surface area contributed by atoms with Crippen LogP contribution < -0.4 is 16.1 Å². The molecule has 286 valence electrons. The molecule has 7 rings (SSSR count). The zero-order chi connectivity index (χ0) is 37.8. The second-order valence-corrected chi connectivity index (χ2v) is 14.3. The van der Waals surface area contributed by atoms with E-state index in [1.807, 2.05) is 103 Å². The molecule has 0 saturated heterocycles. The molecule has 2 saturated carbocycles. The van der Waals surface area contributed by atoms with Crippen LogP contribution in [0.4, 0.5) is 0 Å². The number of hydroxylamine groups is 1. The third-order valence-corrected chi connectivity index (χ3v) is 10.3. The molecule has 0 bridgehead atoms. The minimum absolute atomic E-state index is 0.102. The molecule has 4 aromatic carbocycles. The van der Waals surface area contributed by atoms with Gasteiger partial charge in [-0.15, -0.1) is 5.10 Å². The molecule has 0 aliphatic heterocycles. The first-order valence-electron chi connectivity index (χ1n) is 19.2. The van der Waals surface area contributed by atoms with Crippen molar-refractivity contribution in [2.75, 3.05) is 0 Å². The second-order valence-electron chi connectivity index (χ2n) is 14.3. The summed E-state index contributed by atoms with van der Waals surface area (Å²) in [5.74, 6) is -2.09. The monoisotopic (exact) mass is 744 g/mol. The van der Waals surface area contributed by atoms with Crippen molar-refractivity contribution in [2.24, 2.45) is 0 Å². The van der Waals surface area contributed by atoms with E-state index in [0.29, 0.717) is 13.2 Å². The van der Waals surface area contributed by atoms with Crippen molar-refractivity contribution in [2.45, 2.75) is 102 Å². The number of carbonyl (C=O) groups excluding carboxylic acids is 3. The largest absolute Gasteiger partial charge is 0.371 e. The van der Waals surface area contributed by atoms with Crippen molar-refractivity contribution in [3.63, 3.8) is 0 Å². The van der Waals surface area contributed by atoms with E-state index in [0.717, 1.165) is 78.8 Å². The van der Waals surface area contributed by atoms with Crippen LogP contribution in [0.15, 0.2) is 103 Å². The lowest BCUT2D eigenvalue weighted by Crippen LogP contribution is -2.48. The van der Waals surface area contributed by atoms with Gasteiger partial charge in [-0.25, -0.2) is 10.2 Å². The van der Waals surface area contributed by atoms with Crippen molar-refractivity contribution in [1.82, 2.24) is 30.9 Å². The van der Waals surface area contributed by atoms with Gasteiger partial charge in [0.05, 0.1) is 37.5 Å². The Morgan fingerprint density at radius 1 is 0.636 bits per heavy atom. The molecule has 12 nitrogen and oxygen atoms in total. The Bertz CT molecular complexity index is 2030. The molecule has 4 atom stereocenters. The molecule has 3 N–H and O–H groups in total. The number of nitrogens with zero attached hydrogens (tertiary/aromatic N) is 3. The Labute approximate surface area is 320 Å². The third-order valence-electron chi connectivity index (χ3n) is 10.3. The van der Waals surface area contributed by atoms with Gasteiger partial charge >= 0.3 is 5.91 Å². The average Bonchev–Trinajstić information content (AvgIpc) is 3.65. The molecule has 12 heteroatoms. The number of rotatable bonds is 15. The zero-order valence-electron chi connectivity index (χ0n) is 30.9. The quantitative estimate of drug-likeness (QED) is 0.108. The first-order valence-corrected chi connectivity index (χ1v) is 19.2. The molecule has 3 amide bonds. The van der Waals surface area contributed by atoms with Gasteiger partial charge in [-0.3, -0.25) is 19.2 Å². The zero-order valence-corrected chi connectivity index (χ0v) is 30.9. The highest BCUT2D eigenvalue weighted by Crippen LogP contribution is 2.25. The van der Waals surface area contributed by atoms with E-state index in [1.165, 1.54) is 4.68 Å². The second kappa shape index (κ2) is 18.7. The normalized spacial score (nSPS) is 19.8. The highest BCUT2D eigenvalue weighted by atomic mass is 16.6. The number of amides is 3. The number of hydrogen-bond donors (Lipinski definition) is 3. The molecule has 2 aliphatic rings. The van der Waals surface area contributed by atoms with Crippen LogP contribution in [0.5, 0.6) is 0 Å². The minimum Gasteiger partial charge on any atom is -0.371 e. The Morgan fingerprint density at radius 3 is 1.89 bits per heavy atom. The Morgan fingerprint density at radius 2 is 1.22 bits per heavy atom. The maximum absolute atomic E-state index is 14.0. The molecular weight excluding hydrogens is 697 g/mol. The van der Waals surface area contributed by atoms with Crippen molar-refractivity contribution < 1.29 is 28.7 Å². The van der Waals surface area contributed by atoms with Crippen LogP contribution in [0.1, 0.15) is 89.3 Å². The van der Waals surface area contributed by atoms with Crippen molar-refractivity contribution in [3.8, 4) is 0 Å². The van der Waals surface area contributed by atoms with Gasteiger partial charge in [0.15, 0.2) is 0 Å².